The highest BCUT2D eigenvalue weighted by Gasteiger charge is 2.24. The zero-order valence-electron chi connectivity index (χ0n) is 13.8. The van der Waals surface area contributed by atoms with E-state index in [1.54, 1.807) is 12.1 Å². The molecule has 0 heterocycles. The van der Waals surface area contributed by atoms with Crippen molar-refractivity contribution in [2.45, 2.75) is 39.7 Å². The number of benzene rings is 1. The van der Waals surface area contributed by atoms with Gasteiger partial charge in [-0.2, -0.15) is 0 Å². The van der Waals surface area contributed by atoms with Crippen molar-refractivity contribution in [2.24, 2.45) is 5.92 Å². The van der Waals surface area contributed by atoms with Gasteiger partial charge in [-0.05, 0) is 31.4 Å². The van der Waals surface area contributed by atoms with E-state index in [9.17, 15) is 14.4 Å². The molecule has 0 fully saturated rings. The molecule has 1 rings (SSSR count). The Hall–Kier alpha value is -2.37. The van der Waals surface area contributed by atoms with Gasteiger partial charge in [0.1, 0.15) is 6.04 Å². The molecule has 0 aliphatic carbocycles. The Morgan fingerprint density at radius 1 is 1.13 bits per heavy atom. The summed E-state index contributed by atoms with van der Waals surface area (Å²) >= 11 is 0. The summed E-state index contributed by atoms with van der Waals surface area (Å²) < 4.78 is 0. The standard InChI is InChI=1S/C17H24N2O4/c1-11(2)15(17(23)18-10-4-5-14(20)21)19-16(22)13-8-6-12(3)7-9-13/h6-9,11,15H,4-5,10H2,1-3H3,(H,18,23)(H,19,22)(H,20,21). The maximum Gasteiger partial charge on any atom is 0.303 e. The lowest BCUT2D eigenvalue weighted by Crippen LogP contribution is -2.49. The van der Waals surface area contributed by atoms with E-state index in [4.69, 9.17) is 5.11 Å². The molecule has 0 aliphatic heterocycles. The van der Waals surface area contributed by atoms with Gasteiger partial charge >= 0.3 is 5.97 Å². The topological polar surface area (TPSA) is 95.5 Å². The minimum absolute atomic E-state index is 0.00233. The third-order valence-electron chi connectivity index (χ3n) is 3.42. The summed E-state index contributed by atoms with van der Waals surface area (Å²) in [6.07, 6.45) is 0.361. The van der Waals surface area contributed by atoms with Gasteiger partial charge in [0.25, 0.3) is 5.91 Å². The highest BCUT2D eigenvalue weighted by molar-refractivity contribution is 5.97. The molecule has 0 saturated heterocycles. The first-order valence-corrected chi connectivity index (χ1v) is 7.68. The molecule has 1 aromatic rings. The van der Waals surface area contributed by atoms with Gasteiger partial charge in [0.15, 0.2) is 0 Å². The Balaban J connectivity index is 2.60. The van der Waals surface area contributed by atoms with Crippen LogP contribution in [-0.2, 0) is 9.59 Å². The van der Waals surface area contributed by atoms with Crippen LogP contribution in [0.1, 0.15) is 42.6 Å². The number of aryl methyl sites for hydroxylation is 1. The molecule has 1 aromatic carbocycles. The third kappa shape index (κ3) is 6.50. The lowest BCUT2D eigenvalue weighted by Gasteiger charge is -2.21. The molecule has 1 atom stereocenters. The van der Waals surface area contributed by atoms with Crippen LogP contribution in [0, 0.1) is 12.8 Å². The lowest BCUT2D eigenvalue weighted by atomic mass is 10.0. The number of carboxylic acids is 1. The first-order chi connectivity index (χ1) is 10.8. The van der Waals surface area contributed by atoms with Gasteiger partial charge in [0.2, 0.25) is 5.91 Å². The maximum absolute atomic E-state index is 12.2. The predicted molar refractivity (Wildman–Crippen MR) is 87.2 cm³/mol. The summed E-state index contributed by atoms with van der Waals surface area (Å²) in [5, 5.41) is 14.0. The summed E-state index contributed by atoms with van der Waals surface area (Å²) in [5.41, 5.74) is 1.55. The van der Waals surface area contributed by atoms with Gasteiger partial charge in [-0.15, -0.1) is 0 Å². The second-order valence-corrected chi connectivity index (χ2v) is 5.85. The monoisotopic (exact) mass is 320 g/mol. The Labute approximate surface area is 136 Å². The molecule has 6 heteroatoms. The first-order valence-electron chi connectivity index (χ1n) is 7.68. The number of carbonyl (C=O) groups is 3. The van der Waals surface area contributed by atoms with E-state index < -0.39 is 12.0 Å². The van der Waals surface area contributed by atoms with Crippen LogP contribution in [0.15, 0.2) is 24.3 Å². The molecule has 3 N–H and O–H groups in total. The van der Waals surface area contributed by atoms with Crippen molar-refractivity contribution in [3.63, 3.8) is 0 Å². The molecular formula is C17H24N2O4. The second kappa shape index (κ2) is 8.92. The first kappa shape index (κ1) is 18.7. The smallest absolute Gasteiger partial charge is 0.303 e. The van der Waals surface area contributed by atoms with Crippen molar-refractivity contribution in [1.82, 2.24) is 10.6 Å². The van der Waals surface area contributed by atoms with Crippen LogP contribution in [-0.4, -0.2) is 35.5 Å². The molecule has 0 radical (unpaired) electrons. The van der Waals surface area contributed by atoms with Crippen LogP contribution < -0.4 is 10.6 Å². The Bertz CT molecular complexity index is 552. The van der Waals surface area contributed by atoms with E-state index in [0.717, 1.165) is 5.56 Å². The fraction of sp³-hybridized carbons (Fsp3) is 0.471. The van der Waals surface area contributed by atoms with Gasteiger partial charge in [-0.3, -0.25) is 14.4 Å². The van der Waals surface area contributed by atoms with Crippen molar-refractivity contribution in [3.05, 3.63) is 35.4 Å². The van der Waals surface area contributed by atoms with Crippen molar-refractivity contribution in [3.8, 4) is 0 Å². The zero-order valence-corrected chi connectivity index (χ0v) is 13.8. The number of carboxylic acid groups (broad SMARTS) is 1. The molecule has 0 bridgehead atoms. The van der Waals surface area contributed by atoms with Crippen LogP contribution in [0.3, 0.4) is 0 Å². The van der Waals surface area contributed by atoms with Crippen molar-refractivity contribution < 1.29 is 19.5 Å². The van der Waals surface area contributed by atoms with Crippen LogP contribution in [0.25, 0.3) is 0 Å². The molecule has 126 valence electrons. The summed E-state index contributed by atoms with van der Waals surface area (Å²) in [7, 11) is 0. The fourth-order valence-corrected chi connectivity index (χ4v) is 2.03. The molecule has 0 spiro atoms. The largest absolute Gasteiger partial charge is 0.481 e. The van der Waals surface area contributed by atoms with E-state index in [2.05, 4.69) is 10.6 Å². The van der Waals surface area contributed by atoms with Gasteiger partial charge < -0.3 is 15.7 Å². The van der Waals surface area contributed by atoms with Gasteiger partial charge in [0.05, 0.1) is 0 Å². The number of hydrogen-bond donors (Lipinski definition) is 3. The van der Waals surface area contributed by atoms with Gasteiger partial charge in [0, 0.05) is 18.5 Å². The van der Waals surface area contributed by atoms with E-state index in [0.29, 0.717) is 12.0 Å². The quantitative estimate of drug-likeness (QED) is 0.636. The minimum Gasteiger partial charge on any atom is -0.481 e. The van der Waals surface area contributed by atoms with Crippen molar-refractivity contribution in [2.75, 3.05) is 6.54 Å². The van der Waals surface area contributed by atoms with E-state index in [1.165, 1.54) is 0 Å². The molecule has 1 unspecified atom stereocenters. The average molecular weight is 320 g/mol. The van der Waals surface area contributed by atoms with E-state index in [-0.39, 0.29) is 30.7 Å². The van der Waals surface area contributed by atoms with Crippen LogP contribution >= 0.6 is 0 Å². The van der Waals surface area contributed by atoms with Crippen LogP contribution in [0.4, 0.5) is 0 Å². The average Bonchev–Trinajstić information content (AvgIpc) is 2.48. The number of aliphatic carboxylic acids is 1. The van der Waals surface area contributed by atoms with E-state index in [1.807, 2.05) is 32.9 Å². The Morgan fingerprint density at radius 2 is 1.74 bits per heavy atom. The van der Waals surface area contributed by atoms with Crippen LogP contribution in [0.5, 0.6) is 0 Å². The lowest BCUT2D eigenvalue weighted by molar-refractivity contribution is -0.137. The normalized spacial score (nSPS) is 11.8. The third-order valence-corrected chi connectivity index (χ3v) is 3.42. The predicted octanol–water partition coefficient (Wildman–Crippen LogP) is 1.73. The maximum atomic E-state index is 12.2. The highest BCUT2D eigenvalue weighted by atomic mass is 16.4. The summed E-state index contributed by atoms with van der Waals surface area (Å²) in [4.78, 5) is 34.8. The number of hydrogen-bond acceptors (Lipinski definition) is 3. The molecule has 0 saturated carbocycles. The highest BCUT2D eigenvalue weighted by Crippen LogP contribution is 2.07. The second-order valence-electron chi connectivity index (χ2n) is 5.85. The van der Waals surface area contributed by atoms with Crippen LogP contribution in [0.2, 0.25) is 0 Å². The molecular weight excluding hydrogens is 296 g/mol. The van der Waals surface area contributed by atoms with Gasteiger partial charge in [-0.1, -0.05) is 31.5 Å². The molecule has 0 aliphatic rings. The molecule has 23 heavy (non-hydrogen) atoms. The van der Waals surface area contributed by atoms with Crippen molar-refractivity contribution >= 4 is 17.8 Å². The van der Waals surface area contributed by atoms with Crippen molar-refractivity contribution in [1.29, 1.82) is 0 Å². The fourth-order valence-electron chi connectivity index (χ4n) is 2.03. The Morgan fingerprint density at radius 3 is 2.26 bits per heavy atom. The summed E-state index contributed by atoms with van der Waals surface area (Å²) in [6, 6.07) is 6.45. The number of carbonyl (C=O) groups excluding carboxylic acids is 2. The molecule has 6 nitrogen and oxygen atoms in total. The van der Waals surface area contributed by atoms with E-state index >= 15 is 0 Å². The SMILES string of the molecule is Cc1ccc(C(=O)NC(C(=O)NCCCC(=O)O)C(C)C)cc1. The molecule has 2 amide bonds. The number of rotatable bonds is 8. The summed E-state index contributed by atoms with van der Waals surface area (Å²) in [6.45, 7) is 5.89. The Kier molecular flexibility index (Phi) is 7.25. The number of nitrogens with one attached hydrogen (secondary N) is 2. The van der Waals surface area contributed by atoms with Gasteiger partial charge in [-0.25, -0.2) is 0 Å². The number of amides is 2. The summed E-state index contributed by atoms with van der Waals surface area (Å²) in [5.74, 6) is -1.58. The zero-order chi connectivity index (χ0) is 17.4. The molecule has 0 aromatic heterocycles. The minimum atomic E-state index is -0.896.